The zero-order chi connectivity index (χ0) is 15.2. The van der Waals surface area contributed by atoms with Crippen molar-refractivity contribution in [1.29, 1.82) is 0 Å². The van der Waals surface area contributed by atoms with E-state index in [0.29, 0.717) is 5.95 Å². The topological polar surface area (TPSA) is 57.2 Å². The van der Waals surface area contributed by atoms with Gasteiger partial charge in [0, 0.05) is 33.7 Å². The zero-order valence-electron chi connectivity index (χ0n) is 13.8. The number of hydrogen-bond acceptors (Lipinski definition) is 6. The number of hydrogen-bond donors (Lipinski definition) is 1. The summed E-state index contributed by atoms with van der Waals surface area (Å²) in [6.07, 6.45) is 4.82. The minimum absolute atomic E-state index is 0.684. The van der Waals surface area contributed by atoms with E-state index in [-0.39, 0.29) is 0 Å². The molecular weight excluding hydrogens is 264 g/mol. The van der Waals surface area contributed by atoms with Crippen LogP contribution >= 0.6 is 0 Å². The molecule has 1 aromatic rings. The van der Waals surface area contributed by atoms with Gasteiger partial charge in [0.2, 0.25) is 17.8 Å². The SMILES string of the molecule is CCCNc1nc(N(C)C)nc(N2CCCC(CC)C2)n1. The number of rotatable bonds is 6. The molecule has 21 heavy (non-hydrogen) atoms. The van der Waals surface area contributed by atoms with Crippen molar-refractivity contribution >= 4 is 17.8 Å². The summed E-state index contributed by atoms with van der Waals surface area (Å²) in [4.78, 5) is 17.9. The van der Waals surface area contributed by atoms with E-state index >= 15 is 0 Å². The quantitative estimate of drug-likeness (QED) is 0.869. The molecular formula is C15H28N6. The van der Waals surface area contributed by atoms with Gasteiger partial charge in [-0.2, -0.15) is 15.0 Å². The Morgan fingerprint density at radius 1 is 1.24 bits per heavy atom. The van der Waals surface area contributed by atoms with E-state index in [1.807, 2.05) is 19.0 Å². The predicted molar refractivity (Wildman–Crippen MR) is 88.2 cm³/mol. The van der Waals surface area contributed by atoms with Crippen molar-refractivity contribution < 1.29 is 0 Å². The van der Waals surface area contributed by atoms with Crippen molar-refractivity contribution in [3.8, 4) is 0 Å². The average Bonchev–Trinajstić information content (AvgIpc) is 2.52. The summed E-state index contributed by atoms with van der Waals surface area (Å²) >= 11 is 0. The molecule has 1 atom stereocenters. The Hall–Kier alpha value is -1.59. The molecule has 1 aliphatic rings. The Bertz CT molecular complexity index is 448. The molecule has 0 aromatic carbocycles. The van der Waals surface area contributed by atoms with Gasteiger partial charge in [0.25, 0.3) is 0 Å². The third-order valence-electron chi connectivity index (χ3n) is 3.92. The molecule has 2 rings (SSSR count). The van der Waals surface area contributed by atoms with Crippen molar-refractivity contribution in [3.05, 3.63) is 0 Å². The van der Waals surface area contributed by atoms with Gasteiger partial charge in [-0.1, -0.05) is 20.3 Å². The fourth-order valence-electron chi connectivity index (χ4n) is 2.59. The number of piperidine rings is 1. The first-order chi connectivity index (χ1) is 10.1. The van der Waals surface area contributed by atoms with Crippen molar-refractivity contribution in [1.82, 2.24) is 15.0 Å². The molecule has 0 saturated carbocycles. The monoisotopic (exact) mass is 292 g/mol. The molecule has 0 amide bonds. The first kappa shape index (κ1) is 15.8. The minimum atomic E-state index is 0.684. The highest BCUT2D eigenvalue weighted by atomic mass is 15.4. The fourth-order valence-corrected chi connectivity index (χ4v) is 2.59. The van der Waals surface area contributed by atoms with Gasteiger partial charge in [-0.3, -0.25) is 0 Å². The van der Waals surface area contributed by atoms with Crippen molar-refractivity contribution in [2.75, 3.05) is 48.8 Å². The first-order valence-corrected chi connectivity index (χ1v) is 8.06. The van der Waals surface area contributed by atoms with Crippen LogP contribution in [0, 0.1) is 5.92 Å². The predicted octanol–water partition coefficient (Wildman–Crippen LogP) is 2.39. The molecule has 118 valence electrons. The maximum atomic E-state index is 4.62. The summed E-state index contributed by atoms with van der Waals surface area (Å²) in [7, 11) is 3.93. The summed E-state index contributed by atoms with van der Waals surface area (Å²) in [5.41, 5.74) is 0. The van der Waals surface area contributed by atoms with Crippen LogP contribution in [0.15, 0.2) is 0 Å². The summed E-state index contributed by atoms with van der Waals surface area (Å²) in [5, 5.41) is 3.28. The van der Waals surface area contributed by atoms with Gasteiger partial charge in [-0.05, 0) is 25.2 Å². The normalized spacial score (nSPS) is 18.7. The van der Waals surface area contributed by atoms with E-state index < -0.39 is 0 Å². The van der Waals surface area contributed by atoms with Gasteiger partial charge in [-0.15, -0.1) is 0 Å². The Morgan fingerprint density at radius 2 is 2.05 bits per heavy atom. The van der Waals surface area contributed by atoms with Gasteiger partial charge in [0.05, 0.1) is 0 Å². The van der Waals surface area contributed by atoms with Gasteiger partial charge in [0.1, 0.15) is 0 Å². The van der Waals surface area contributed by atoms with E-state index in [4.69, 9.17) is 0 Å². The highest BCUT2D eigenvalue weighted by molar-refractivity contribution is 5.44. The molecule has 1 aromatic heterocycles. The molecule has 0 radical (unpaired) electrons. The van der Waals surface area contributed by atoms with E-state index in [1.165, 1.54) is 19.3 Å². The van der Waals surface area contributed by atoms with Crippen LogP contribution in [0.3, 0.4) is 0 Å². The first-order valence-electron chi connectivity index (χ1n) is 8.06. The van der Waals surface area contributed by atoms with Crippen LogP contribution in [0.2, 0.25) is 0 Å². The van der Waals surface area contributed by atoms with Gasteiger partial charge >= 0.3 is 0 Å². The average molecular weight is 292 g/mol. The minimum Gasteiger partial charge on any atom is -0.354 e. The van der Waals surface area contributed by atoms with Crippen LogP contribution in [0.1, 0.15) is 39.5 Å². The van der Waals surface area contributed by atoms with E-state index in [2.05, 4.69) is 39.0 Å². The lowest BCUT2D eigenvalue weighted by Gasteiger charge is -2.32. The third kappa shape index (κ3) is 4.19. The molecule has 6 heteroatoms. The van der Waals surface area contributed by atoms with Gasteiger partial charge < -0.3 is 15.1 Å². The van der Waals surface area contributed by atoms with Crippen LogP contribution in [0.5, 0.6) is 0 Å². The molecule has 0 bridgehead atoms. The third-order valence-corrected chi connectivity index (χ3v) is 3.92. The smallest absolute Gasteiger partial charge is 0.231 e. The van der Waals surface area contributed by atoms with E-state index in [0.717, 1.165) is 43.9 Å². The van der Waals surface area contributed by atoms with Crippen LogP contribution < -0.4 is 15.1 Å². The largest absolute Gasteiger partial charge is 0.354 e. The highest BCUT2D eigenvalue weighted by Crippen LogP contribution is 2.24. The van der Waals surface area contributed by atoms with Crippen LogP contribution in [-0.4, -0.2) is 48.7 Å². The lowest BCUT2D eigenvalue weighted by atomic mass is 9.96. The summed E-state index contributed by atoms with van der Waals surface area (Å²) in [5.74, 6) is 2.97. The Morgan fingerprint density at radius 3 is 2.71 bits per heavy atom. The maximum absolute atomic E-state index is 4.62. The number of nitrogens with zero attached hydrogens (tertiary/aromatic N) is 5. The van der Waals surface area contributed by atoms with Gasteiger partial charge in [0.15, 0.2) is 0 Å². The summed E-state index contributed by atoms with van der Waals surface area (Å²) in [6, 6.07) is 0. The van der Waals surface area contributed by atoms with Crippen molar-refractivity contribution in [2.45, 2.75) is 39.5 Å². The summed E-state index contributed by atoms with van der Waals surface area (Å²) < 4.78 is 0. The molecule has 1 fully saturated rings. The Balaban J connectivity index is 2.22. The second kappa shape index (κ2) is 7.43. The molecule has 1 N–H and O–H groups in total. The van der Waals surface area contributed by atoms with Crippen molar-refractivity contribution in [3.63, 3.8) is 0 Å². The van der Waals surface area contributed by atoms with E-state index in [9.17, 15) is 0 Å². The maximum Gasteiger partial charge on any atom is 0.231 e. The molecule has 1 aliphatic heterocycles. The zero-order valence-corrected chi connectivity index (χ0v) is 13.8. The second-order valence-corrected chi connectivity index (χ2v) is 5.94. The van der Waals surface area contributed by atoms with Crippen LogP contribution in [0.4, 0.5) is 17.8 Å². The molecule has 1 saturated heterocycles. The highest BCUT2D eigenvalue weighted by Gasteiger charge is 2.22. The number of aromatic nitrogens is 3. The van der Waals surface area contributed by atoms with Crippen LogP contribution in [0.25, 0.3) is 0 Å². The molecule has 0 aliphatic carbocycles. The standard InChI is InChI=1S/C15H28N6/c1-5-9-16-13-17-14(20(3)4)19-15(18-13)21-10-7-8-12(6-2)11-21/h12H,5-11H2,1-4H3,(H,16,17,18,19). The van der Waals surface area contributed by atoms with Crippen LogP contribution in [-0.2, 0) is 0 Å². The lowest BCUT2D eigenvalue weighted by molar-refractivity contribution is 0.401. The van der Waals surface area contributed by atoms with Crippen molar-refractivity contribution in [2.24, 2.45) is 5.92 Å². The number of anilines is 3. The molecule has 6 nitrogen and oxygen atoms in total. The Labute approximate surface area is 128 Å². The molecule has 1 unspecified atom stereocenters. The fraction of sp³-hybridized carbons (Fsp3) is 0.800. The second-order valence-electron chi connectivity index (χ2n) is 5.94. The van der Waals surface area contributed by atoms with Gasteiger partial charge in [-0.25, -0.2) is 0 Å². The lowest BCUT2D eigenvalue weighted by Crippen LogP contribution is -2.36. The molecule has 0 spiro atoms. The van der Waals surface area contributed by atoms with E-state index in [1.54, 1.807) is 0 Å². The Kier molecular flexibility index (Phi) is 5.59. The molecule has 2 heterocycles. The summed E-state index contributed by atoms with van der Waals surface area (Å²) in [6.45, 7) is 7.38. The number of nitrogens with one attached hydrogen (secondary N) is 1.